The monoisotopic (exact) mass is 414 g/mol. The Hall–Kier alpha value is -3.01. The van der Waals surface area contributed by atoms with E-state index in [1.54, 1.807) is 48.1 Å². The highest BCUT2D eigenvalue weighted by atomic mass is 19.1. The number of hydroxylamine groups is 1. The molecule has 3 heterocycles. The summed E-state index contributed by atoms with van der Waals surface area (Å²) in [5.41, 5.74) is 4.48. The van der Waals surface area contributed by atoms with E-state index in [1.807, 2.05) is 13.8 Å². The number of carbonyl (C=O) groups is 1. The van der Waals surface area contributed by atoms with Crippen molar-refractivity contribution < 1.29 is 23.5 Å². The van der Waals surface area contributed by atoms with Crippen molar-refractivity contribution in [1.29, 1.82) is 0 Å². The average molecular weight is 414 g/mol. The van der Waals surface area contributed by atoms with Crippen LogP contribution in [0.15, 0.2) is 42.9 Å². The third-order valence-corrected chi connectivity index (χ3v) is 4.71. The molecule has 8 nitrogen and oxygen atoms in total. The minimum atomic E-state index is -0.667. The lowest BCUT2D eigenvalue weighted by molar-refractivity contribution is -0.147. The number of aryl methyl sites for hydroxylation is 1. The molecule has 0 unspecified atom stereocenters. The molecule has 0 radical (unpaired) electrons. The quantitative estimate of drug-likeness (QED) is 0.602. The molecule has 1 aliphatic rings. The van der Waals surface area contributed by atoms with Crippen molar-refractivity contribution in [3.8, 4) is 0 Å². The summed E-state index contributed by atoms with van der Waals surface area (Å²) in [4.78, 5) is 22.2. The number of nitrogens with zero attached hydrogens (tertiary/aromatic N) is 2. The number of benzene rings is 1. The van der Waals surface area contributed by atoms with Crippen molar-refractivity contribution >= 4 is 22.9 Å². The van der Waals surface area contributed by atoms with Crippen molar-refractivity contribution in [1.82, 2.24) is 14.9 Å². The molecule has 30 heavy (non-hydrogen) atoms. The molecule has 3 aromatic rings. The fourth-order valence-corrected chi connectivity index (χ4v) is 3.25. The highest BCUT2D eigenvalue weighted by Crippen LogP contribution is 2.26. The largest absolute Gasteiger partial charge is 0.348 e. The number of hydrogen-bond acceptors (Lipinski definition) is 6. The van der Waals surface area contributed by atoms with Gasteiger partial charge in [-0.2, -0.15) is 0 Å². The molecule has 2 aromatic heterocycles. The lowest BCUT2D eigenvalue weighted by atomic mass is 10.2. The number of anilines is 2. The van der Waals surface area contributed by atoms with E-state index >= 15 is 0 Å². The van der Waals surface area contributed by atoms with Gasteiger partial charge in [0.25, 0.3) is 5.91 Å². The molecule has 0 spiro atoms. The zero-order valence-electron chi connectivity index (χ0n) is 16.9. The SMILES string of the molecule is Cc1ccc(Nc2c(C(=O)NOC[C@H]3COC(C)(C)O3)ccc3cncn23)c(F)c1. The molecule has 1 aromatic carbocycles. The van der Waals surface area contributed by atoms with Gasteiger partial charge < -0.3 is 14.8 Å². The van der Waals surface area contributed by atoms with Crippen LogP contribution in [0.3, 0.4) is 0 Å². The number of halogens is 1. The Balaban J connectivity index is 1.53. The first kappa shape index (κ1) is 20.3. The van der Waals surface area contributed by atoms with E-state index in [0.717, 1.165) is 11.1 Å². The maximum atomic E-state index is 14.4. The second-order valence-electron chi connectivity index (χ2n) is 7.59. The molecule has 0 saturated carbocycles. The lowest BCUT2D eigenvalue weighted by Crippen LogP contribution is -2.31. The normalized spacial score (nSPS) is 17.9. The van der Waals surface area contributed by atoms with Crippen LogP contribution in [0.1, 0.15) is 29.8 Å². The van der Waals surface area contributed by atoms with Gasteiger partial charge in [-0.3, -0.25) is 14.0 Å². The van der Waals surface area contributed by atoms with Crippen LogP contribution in [0.25, 0.3) is 5.52 Å². The van der Waals surface area contributed by atoms with Crippen molar-refractivity contribution in [2.75, 3.05) is 18.5 Å². The van der Waals surface area contributed by atoms with Crippen LogP contribution < -0.4 is 10.8 Å². The number of ether oxygens (including phenoxy) is 2. The number of carbonyl (C=O) groups excluding carboxylic acids is 1. The number of imidazole rings is 1. The Labute approximate surface area is 172 Å². The highest BCUT2D eigenvalue weighted by molar-refractivity contribution is 5.99. The molecule has 2 N–H and O–H groups in total. The molecule has 158 valence electrons. The van der Waals surface area contributed by atoms with Gasteiger partial charge in [-0.15, -0.1) is 0 Å². The van der Waals surface area contributed by atoms with Crippen LogP contribution in [-0.4, -0.2) is 40.4 Å². The smallest absolute Gasteiger partial charge is 0.278 e. The lowest BCUT2D eigenvalue weighted by Gasteiger charge is -2.17. The van der Waals surface area contributed by atoms with Crippen LogP contribution in [0, 0.1) is 12.7 Å². The van der Waals surface area contributed by atoms with E-state index < -0.39 is 17.5 Å². The van der Waals surface area contributed by atoms with Gasteiger partial charge in [-0.1, -0.05) is 6.07 Å². The summed E-state index contributed by atoms with van der Waals surface area (Å²) in [6.45, 7) is 5.95. The molecule has 1 fully saturated rings. The first-order chi connectivity index (χ1) is 14.3. The molecule has 1 atom stereocenters. The minimum Gasteiger partial charge on any atom is -0.348 e. The predicted octanol–water partition coefficient (Wildman–Crippen LogP) is 3.34. The Morgan fingerprint density at radius 3 is 2.93 bits per heavy atom. The fourth-order valence-electron chi connectivity index (χ4n) is 3.25. The van der Waals surface area contributed by atoms with Crippen LogP contribution >= 0.6 is 0 Å². The predicted molar refractivity (Wildman–Crippen MR) is 108 cm³/mol. The maximum Gasteiger partial charge on any atom is 0.278 e. The van der Waals surface area contributed by atoms with Gasteiger partial charge in [-0.05, 0) is 50.6 Å². The number of rotatable bonds is 6. The van der Waals surface area contributed by atoms with Gasteiger partial charge in [0.2, 0.25) is 0 Å². The van der Waals surface area contributed by atoms with E-state index in [4.69, 9.17) is 14.3 Å². The van der Waals surface area contributed by atoms with E-state index in [9.17, 15) is 9.18 Å². The average Bonchev–Trinajstić information content (AvgIpc) is 3.30. The van der Waals surface area contributed by atoms with Crippen LogP contribution in [-0.2, 0) is 14.3 Å². The molecule has 1 saturated heterocycles. The number of fused-ring (bicyclic) bond motifs is 1. The van der Waals surface area contributed by atoms with Crippen LogP contribution in [0.5, 0.6) is 0 Å². The summed E-state index contributed by atoms with van der Waals surface area (Å²) in [7, 11) is 0. The van der Waals surface area contributed by atoms with Crippen LogP contribution in [0.4, 0.5) is 15.9 Å². The summed E-state index contributed by atoms with van der Waals surface area (Å²) >= 11 is 0. The zero-order chi connectivity index (χ0) is 21.3. The van der Waals surface area contributed by atoms with Gasteiger partial charge in [0, 0.05) is 0 Å². The first-order valence-electron chi connectivity index (χ1n) is 9.54. The Morgan fingerprint density at radius 2 is 2.20 bits per heavy atom. The van der Waals surface area contributed by atoms with Crippen molar-refractivity contribution in [2.45, 2.75) is 32.7 Å². The topological polar surface area (TPSA) is 86.1 Å². The van der Waals surface area contributed by atoms with Crippen molar-refractivity contribution in [3.05, 3.63) is 59.8 Å². The number of hydrogen-bond donors (Lipinski definition) is 2. The number of nitrogens with one attached hydrogen (secondary N) is 2. The van der Waals surface area contributed by atoms with Crippen LogP contribution in [0.2, 0.25) is 0 Å². The third-order valence-electron chi connectivity index (χ3n) is 4.71. The number of pyridine rings is 1. The van der Waals surface area contributed by atoms with Gasteiger partial charge in [0.15, 0.2) is 5.79 Å². The van der Waals surface area contributed by atoms with E-state index in [1.165, 1.54) is 6.07 Å². The van der Waals surface area contributed by atoms with E-state index in [-0.39, 0.29) is 24.0 Å². The Morgan fingerprint density at radius 1 is 1.37 bits per heavy atom. The summed E-state index contributed by atoms with van der Waals surface area (Å²) in [5.74, 6) is -1.20. The minimum absolute atomic E-state index is 0.137. The number of amides is 1. The van der Waals surface area contributed by atoms with Gasteiger partial charge >= 0.3 is 0 Å². The molecule has 9 heteroatoms. The van der Waals surface area contributed by atoms with E-state index in [2.05, 4.69) is 15.8 Å². The van der Waals surface area contributed by atoms with Gasteiger partial charge in [-0.25, -0.2) is 14.9 Å². The summed E-state index contributed by atoms with van der Waals surface area (Å²) < 4.78 is 27.2. The fraction of sp³-hybridized carbons (Fsp3) is 0.333. The molecule has 0 bridgehead atoms. The van der Waals surface area contributed by atoms with Gasteiger partial charge in [0.05, 0.1) is 29.6 Å². The zero-order valence-corrected chi connectivity index (χ0v) is 16.9. The van der Waals surface area contributed by atoms with Gasteiger partial charge in [0.1, 0.15) is 30.7 Å². The summed E-state index contributed by atoms with van der Waals surface area (Å²) in [6, 6.07) is 8.20. The van der Waals surface area contributed by atoms with E-state index in [0.29, 0.717) is 12.4 Å². The van der Waals surface area contributed by atoms with Crippen molar-refractivity contribution in [3.63, 3.8) is 0 Å². The molecule has 1 amide bonds. The molecule has 0 aliphatic carbocycles. The highest BCUT2D eigenvalue weighted by Gasteiger charge is 2.33. The second-order valence-corrected chi connectivity index (χ2v) is 7.59. The molecule has 4 rings (SSSR count). The summed E-state index contributed by atoms with van der Waals surface area (Å²) in [6.07, 6.45) is 2.91. The Kier molecular flexibility index (Phi) is 5.42. The Bertz CT molecular complexity index is 1080. The number of aromatic nitrogens is 2. The maximum absolute atomic E-state index is 14.4. The molecular formula is C21H23FN4O4. The standard InChI is InChI=1S/C21H23FN4O4/c1-13-4-7-18(17(22)8-13)24-19-16(6-5-14-9-23-12-26(14)19)20(27)25-29-11-15-10-28-21(2,3)30-15/h4-9,12,15,24H,10-11H2,1-3H3,(H,25,27)/t15-/m1/s1. The third kappa shape index (κ3) is 4.28. The molecule has 1 aliphatic heterocycles. The summed E-state index contributed by atoms with van der Waals surface area (Å²) in [5, 5.41) is 3.01. The molecular weight excluding hydrogens is 391 g/mol. The second kappa shape index (κ2) is 8.02. The first-order valence-corrected chi connectivity index (χ1v) is 9.54. The van der Waals surface area contributed by atoms with Crippen molar-refractivity contribution in [2.24, 2.45) is 0 Å².